The van der Waals surface area contributed by atoms with Crippen molar-refractivity contribution in [1.82, 2.24) is 14.1 Å². The Bertz CT molecular complexity index is 861. The Hall–Kier alpha value is -1.58. The first-order valence-corrected chi connectivity index (χ1v) is 13.3. The summed E-state index contributed by atoms with van der Waals surface area (Å²) in [5, 5.41) is 0. The van der Waals surface area contributed by atoms with Gasteiger partial charge in [-0.05, 0) is 25.0 Å². The molecule has 1 saturated carbocycles. The summed E-state index contributed by atoms with van der Waals surface area (Å²) in [5.41, 5.74) is 0.573. The molecule has 2 aliphatic rings. The number of hydrogen-bond acceptors (Lipinski definition) is 5. The Balaban J connectivity index is 1.60. The Morgan fingerprint density at radius 1 is 1.07 bits per heavy atom. The standard InChI is InChI=1S/C21H31N3O4S2/c1-22(17-8-4-3-5-9-17)20(25)16-29-19-11-7-6-10-18(19)21(26)23-12-14-24(15-13-23)30(2,27)28/h6-7,10-11,17H,3-5,8-9,12-16H2,1-2H3. The van der Waals surface area contributed by atoms with E-state index in [4.69, 9.17) is 0 Å². The van der Waals surface area contributed by atoms with Crippen molar-refractivity contribution in [3.8, 4) is 0 Å². The van der Waals surface area contributed by atoms with E-state index >= 15 is 0 Å². The van der Waals surface area contributed by atoms with E-state index in [1.807, 2.05) is 30.1 Å². The van der Waals surface area contributed by atoms with E-state index in [9.17, 15) is 18.0 Å². The maximum Gasteiger partial charge on any atom is 0.255 e. The van der Waals surface area contributed by atoms with Crippen molar-refractivity contribution in [3.63, 3.8) is 0 Å². The number of carbonyl (C=O) groups excluding carboxylic acids is 2. The number of nitrogens with zero attached hydrogens (tertiary/aromatic N) is 3. The second-order valence-corrected chi connectivity index (χ2v) is 11.0. The molecule has 7 nitrogen and oxygen atoms in total. The number of hydrogen-bond donors (Lipinski definition) is 0. The van der Waals surface area contributed by atoms with Gasteiger partial charge in [0.15, 0.2) is 0 Å². The molecule has 0 atom stereocenters. The van der Waals surface area contributed by atoms with E-state index in [-0.39, 0.29) is 11.8 Å². The minimum Gasteiger partial charge on any atom is -0.342 e. The molecule has 0 spiro atoms. The summed E-state index contributed by atoms with van der Waals surface area (Å²) in [6, 6.07) is 7.67. The molecule has 1 saturated heterocycles. The van der Waals surface area contributed by atoms with Crippen LogP contribution in [0.25, 0.3) is 0 Å². The lowest BCUT2D eigenvalue weighted by Crippen LogP contribution is -2.50. The van der Waals surface area contributed by atoms with Crippen LogP contribution in [0.15, 0.2) is 29.2 Å². The average molecular weight is 454 g/mol. The number of rotatable bonds is 6. The van der Waals surface area contributed by atoms with Crippen molar-refractivity contribution < 1.29 is 18.0 Å². The van der Waals surface area contributed by atoms with Gasteiger partial charge in [-0.2, -0.15) is 4.31 Å². The minimum absolute atomic E-state index is 0.0934. The maximum atomic E-state index is 13.1. The van der Waals surface area contributed by atoms with E-state index in [0.29, 0.717) is 43.5 Å². The van der Waals surface area contributed by atoms with Crippen LogP contribution in [0.1, 0.15) is 42.5 Å². The molecule has 166 valence electrons. The quantitative estimate of drug-likeness (QED) is 0.618. The van der Waals surface area contributed by atoms with Gasteiger partial charge in [0, 0.05) is 44.2 Å². The summed E-state index contributed by atoms with van der Waals surface area (Å²) < 4.78 is 24.8. The van der Waals surface area contributed by atoms with Crippen molar-refractivity contribution in [2.45, 2.75) is 43.0 Å². The lowest BCUT2D eigenvalue weighted by Gasteiger charge is -2.33. The molecule has 1 heterocycles. The molecular weight excluding hydrogens is 422 g/mol. The zero-order valence-corrected chi connectivity index (χ0v) is 19.4. The Labute approximate surface area is 183 Å². The smallest absolute Gasteiger partial charge is 0.255 e. The number of piperazine rings is 1. The van der Waals surface area contributed by atoms with Gasteiger partial charge in [0.05, 0.1) is 17.6 Å². The molecule has 1 aliphatic heterocycles. The molecule has 0 bridgehead atoms. The molecule has 30 heavy (non-hydrogen) atoms. The second-order valence-electron chi connectivity index (χ2n) is 8.04. The third kappa shape index (κ3) is 5.76. The van der Waals surface area contributed by atoms with Crippen LogP contribution in [0, 0.1) is 0 Å². The Morgan fingerprint density at radius 3 is 2.33 bits per heavy atom. The van der Waals surface area contributed by atoms with Gasteiger partial charge in [0.25, 0.3) is 5.91 Å². The maximum absolute atomic E-state index is 13.1. The van der Waals surface area contributed by atoms with Gasteiger partial charge >= 0.3 is 0 Å². The summed E-state index contributed by atoms with van der Waals surface area (Å²) in [4.78, 5) is 30.1. The molecule has 1 aromatic rings. The van der Waals surface area contributed by atoms with E-state index < -0.39 is 10.0 Å². The van der Waals surface area contributed by atoms with Crippen LogP contribution in [-0.4, -0.2) is 85.6 Å². The largest absolute Gasteiger partial charge is 0.342 e. The fraction of sp³-hybridized carbons (Fsp3) is 0.619. The van der Waals surface area contributed by atoms with Crippen molar-refractivity contribution in [2.24, 2.45) is 0 Å². The fourth-order valence-electron chi connectivity index (χ4n) is 4.08. The van der Waals surface area contributed by atoms with Gasteiger partial charge in [-0.15, -0.1) is 11.8 Å². The third-order valence-corrected chi connectivity index (χ3v) is 8.34. The van der Waals surface area contributed by atoms with Gasteiger partial charge in [0.2, 0.25) is 15.9 Å². The van der Waals surface area contributed by atoms with Gasteiger partial charge in [-0.1, -0.05) is 31.4 Å². The lowest BCUT2D eigenvalue weighted by molar-refractivity contribution is -0.129. The van der Waals surface area contributed by atoms with Gasteiger partial charge < -0.3 is 9.80 Å². The number of sulfonamides is 1. The highest BCUT2D eigenvalue weighted by atomic mass is 32.2. The normalized spacial score (nSPS) is 18.9. The van der Waals surface area contributed by atoms with Crippen molar-refractivity contribution >= 4 is 33.6 Å². The zero-order valence-electron chi connectivity index (χ0n) is 17.7. The predicted octanol–water partition coefficient (Wildman–Crippen LogP) is 2.29. The second kappa shape index (κ2) is 10.2. The molecular formula is C21H31N3O4S2. The van der Waals surface area contributed by atoms with E-state index in [1.165, 1.54) is 41.6 Å². The summed E-state index contributed by atoms with van der Waals surface area (Å²) in [6.45, 7) is 1.36. The van der Waals surface area contributed by atoms with Crippen LogP contribution in [0.2, 0.25) is 0 Å². The van der Waals surface area contributed by atoms with Crippen LogP contribution in [-0.2, 0) is 14.8 Å². The first kappa shape index (κ1) is 23.1. The molecule has 9 heteroatoms. The molecule has 2 amide bonds. The van der Waals surface area contributed by atoms with Crippen molar-refractivity contribution in [3.05, 3.63) is 29.8 Å². The van der Waals surface area contributed by atoms with Crippen LogP contribution in [0.3, 0.4) is 0 Å². The van der Waals surface area contributed by atoms with Crippen LogP contribution < -0.4 is 0 Å². The van der Waals surface area contributed by atoms with E-state index in [2.05, 4.69) is 0 Å². The first-order chi connectivity index (χ1) is 14.3. The zero-order chi connectivity index (χ0) is 21.7. The Kier molecular flexibility index (Phi) is 7.81. The molecule has 2 fully saturated rings. The predicted molar refractivity (Wildman–Crippen MR) is 119 cm³/mol. The number of thioether (sulfide) groups is 1. The fourth-order valence-corrected chi connectivity index (χ4v) is 5.87. The highest BCUT2D eigenvalue weighted by molar-refractivity contribution is 8.00. The molecule has 0 aromatic heterocycles. The summed E-state index contributed by atoms with van der Waals surface area (Å²) in [7, 11) is -1.35. The molecule has 1 aromatic carbocycles. The SMILES string of the molecule is CN(C(=O)CSc1ccccc1C(=O)N1CCN(S(C)(=O)=O)CC1)C1CCCCC1. The van der Waals surface area contributed by atoms with E-state index in [1.54, 1.807) is 11.0 Å². The van der Waals surface area contributed by atoms with Gasteiger partial charge in [0.1, 0.15) is 0 Å². The molecule has 0 unspecified atom stereocenters. The van der Waals surface area contributed by atoms with Crippen molar-refractivity contribution in [1.29, 1.82) is 0 Å². The molecule has 0 radical (unpaired) electrons. The monoisotopic (exact) mass is 453 g/mol. The number of amides is 2. The number of carbonyl (C=O) groups is 2. The third-order valence-electron chi connectivity index (χ3n) is 5.98. The van der Waals surface area contributed by atoms with Gasteiger partial charge in [-0.3, -0.25) is 9.59 Å². The molecule has 1 aliphatic carbocycles. The van der Waals surface area contributed by atoms with E-state index in [0.717, 1.165) is 17.7 Å². The highest BCUT2D eigenvalue weighted by Crippen LogP contribution is 2.27. The van der Waals surface area contributed by atoms with Crippen LogP contribution >= 0.6 is 11.8 Å². The minimum atomic E-state index is -3.23. The highest BCUT2D eigenvalue weighted by Gasteiger charge is 2.28. The Morgan fingerprint density at radius 2 is 1.70 bits per heavy atom. The van der Waals surface area contributed by atoms with Gasteiger partial charge in [-0.25, -0.2) is 8.42 Å². The average Bonchev–Trinajstić information content (AvgIpc) is 2.76. The number of benzene rings is 1. The lowest BCUT2D eigenvalue weighted by atomic mass is 9.94. The summed E-state index contributed by atoms with van der Waals surface area (Å²) in [6.07, 6.45) is 6.95. The molecule has 0 N–H and O–H groups in total. The van der Waals surface area contributed by atoms with Crippen molar-refractivity contribution in [2.75, 3.05) is 45.2 Å². The first-order valence-electron chi connectivity index (χ1n) is 10.5. The van der Waals surface area contributed by atoms with Crippen LogP contribution in [0.5, 0.6) is 0 Å². The summed E-state index contributed by atoms with van der Waals surface area (Å²) >= 11 is 1.40. The topological polar surface area (TPSA) is 78.0 Å². The summed E-state index contributed by atoms with van der Waals surface area (Å²) in [5.74, 6) is 0.286. The molecule has 3 rings (SSSR count). The van der Waals surface area contributed by atoms with Crippen LogP contribution in [0.4, 0.5) is 0 Å².